The number of rotatable bonds is 6. The van der Waals surface area contributed by atoms with E-state index in [0.29, 0.717) is 6.54 Å². The number of sulfonamides is 1. The summed E-state index contributed by atoms with van der Waals surface area (Å²) in [6, 6.07) is 6.61. The van der Waals surface area contributed by atoms with Gasteiger partial charge in [0.05, 0.1) is 16.4 Å². The summed E-state index contributed by atoms with van der Waals surface area (Å²) in [7, 11) is -3.43. The number of nitrogens with one attached hydrogen (secondary N) is 2. The topological polar surface area (TPSA) is 71.1 Å². The Morgan fingerprint density at radius 1 is 1.24 bits per heavy atom. The highest BCUT2D eigenvalue weighted by molar-refractivity contribution is 7.89. The number of nitrogens with zero attached hydrogens (tertiary/aromatic N) is 1. The Morgan fingerprint density at radius 3 is 2.43 bits per heavy atom. The summed E-state index contributed by atoms with van der Waals surface area (Å²) in [4.78, 5) is 5.61. The van der Waals surface area contributed by atoms with Crippen LogP contribution in [0.4, 0.5) is 5.69 Å². The van der Waals surface area contributed by atoms with Gasteiger partial charge in [0.15, 0.2) is 0 Å². The molecular weight excluding hydrogens is 306 g/mol. The molecule has 0 atom stereocenters. The van der Waals surface area contributed by atoms with Crippen molar-refractivity contribution in [1.82, 2.24) is 9.71 Å². The van der Waals surface area contributed by atoms with Crippen molar-refractivity contribution in [1.29, 1.82) is 0 Å². The second kappa shape index (κ2) is 6.55. The van der Waals surface area contributed by atoms with E-state index in [1.165, 1.54) is 0 Å². The van der Waals surface area contributed by atoms with Crippen molar-refractivity contribution in [3.05, 3.63) is 40.3 Å². The van der Waals surface area contributed by atoms with Gasteiger partial charge in [-0.05, 0) is 45.0 Å². The zero-order valence-corrected chi connectivity index (χ0v) is 13.9. The van der Waals surface area contributed by atoms with Crippen LogP contribution in [0.5, 0.6) is 0 Å². The maximum absolute atomic E-state index is 12.0. The molecule has 0 saturated heterocycles. The fourth-order valence-electron chi connectivity index (χ4n) is 1.81. The fraction of sp³-hybridized carbons (Fsp3) is 0.357. The third-order valence-corrected chi connectivity index (χ3v) is 5.28. The molecule has 1 heterocycles. The quantitative estimate of drug-likeness (QED) is 0.857. The lowest BCUT2D eigenvalue weighted by molar-refractivity contribution is 0.570. The molecule has 2 N–H and O–H groups in total. The number of thiazole rings is 1. The van der Waals surface area contributed by atoms with Crippen molar-refractivity contribution in [2.45, 2.75) is 38.3 Å². The molecule has 0 unspecified atom stereocenters. The van der Waals surface area contributed by atoms with Crippen molar-refractivity contribution in [2.24, 2.45) is 0 Å². The first kappa shape index (κ1) is 15.9. The molecule has 114 valence electrons. The minimum atomic E-state index is -3.43. The molecule has 1 aromatic carbocycles. The molecule has 21 heavy (non-hydrogen) atoms. The van der Waals surface area contributed by atoms with E-state index in [2.05, 4.69) is 15.0 Å². The number of hydrogen-bond acceptors (Lipinski definition) is 5. The summed E-state index contributed by atoms with van der Waals surface area (Å²) < 4.78 is 26.6. The van der Waals surface area contributed by atoms with Gasteiger partial charge in [-0.25, -0.2) is 18.1 Å². The largest absolute Gasteiger partial charge is 0.380 e. The SMILES string of the molecule is Cc1ncc(CNc2ccc(S(=O)(=O)NC(C)C)cc2)s1. The Bertz CT molecular complexity index is 691. The zero-order valence-electron chi connectivity index (χ0n) is 12.3. The third-order valence-electron chi connectivity index (χ3n) is 2.69. The molecule has 1 aromatic heterocycles. The molecule has 0 bridgehead atoms. The average molecular weight is 325 g/mol. The maximum Gasteiger partial charge on any atom is 0.240 e. The standard InChI is InChI=1S/C14H19N3O2S2/c1-10(2)17-21(18,19)14-6-4-12(5-7-14)16-9-13-8-15-11(3)20-13/h4-8,10,16-17H,9H2,1-3H3. The van der Waals surface area contributed by atoms with Gasteiger partial charge in [-0.15, -0.1) is 11.3 Å². The first-order valence-corrected chi connectivity index (χ1v) is 8.94. The van der Waals surface area contributed by atoms with Gasteiger partial charge in [0.2, 0.25) is 10.0 Å². The summed E-state index contributed by atoms with van der Waals surface area (Å²) >= 11 is 1.64. The van der Waals surface area contributed by atoms with Crippen LogP contribution >= 0.6 is 11.3 Å². The summed E-state index contributed by atoms with van der Waals surface area (Å²) in [6.07, 6.45) is 1.85. The van der Waals surface area contributed by atoms with Crippen LogP contribution in [0.2, 0.25) is 0 Å². The molecule has 0 aliphatic carbocycles. The van der Waals surface area contributed by atoms with E-state index in [0.717, 1.165) is 15.6 Å². The zero-order chi connectivity index (χ0) is 15.5. The molecule has 7 heteroatoms. The number of aryl methyl sites for hydroxylation is 1. The van der Waals surface area contributed by atoms with E-state index >= 15 is 0 Å². The lowest BCUT2D eigenvalue weighted by Gasteiger charge is -2.10. The van der Waals surface area contributed by atoms with Gasteiger partial charge in [0.25, 0.3) is 0 Å². The predicted molar refractivity (Wildman–Crippen MR) is 86.1 cm³/mol. The molecule has 0 fully saturated rings. The van der Waals surface area contributed by atoms with Crippen LogP contribution in [0.3, 0.4) is 0 Å². The molecule has 0 amide bonds. The highest BCUT2D eigenvalue weighted by atomic mass is 32.2. The molecule has 2 rings (SSSR count). The molecule has 0 saturated carbocycles. The smallest absolute Gasteiger partial charge is 0.240 e. The normalized spacial score (nSPS) is 11.8. The van der Waals surface area contributed by atoms with Crippen molar-refractivity contribution in [3.63, 3.8) is 0 Å². The summed E-state index contributed by atoms with van der Waals surface area (Å²) in [5, 5.41) is 4.28. The minimum Gasteiger partial charge on any atom is -0.380 e. The van der Waals surface area contributed by atoms with E-state index in [9.17, 15) is 8.42 Å². The van der Waals surface area contributed by atoms with Crippen LogP contribution in [0, 0.1) is 6.92 Å². The second-order valence-corrected chi connectivity index (χ2v) is 8.03. The summed E-state index contributed by atoms with van der Waals surface area (Å²) in [6.45, 7) is 6.24. The highest BCUT2D eigenvalue weighted by Gasteiger charge is 2.14. The van der Waals surface area contributed by atoms with Gasteiger partial charge in [0.1, 0.15) is 0 Å². The van der Waals surface area contributed by atoms with E-state index in [1.54, 1.807) is 49.4 Å². The van der Waals surface area contributed by atoms with Gasteiger partial charge in [-0.1, -0.05) is 0 Å². The number of benzene rings is 1. The number of anilines is 1. The minimum absolute atomic E-state index is 0.123. The van der Waals surface area contributed by atoms with Gasteiger partial charge in [0, 0.05) is 22.8 Å². The molecule has 0 aliphatic rings. The van der Waals surface area contributed by atoms with Crippen LogP contribution in [0.15, 0.2) is 35.4 Å². The fourth-order valence-corrected chi connectivity index (χ4v) is 3.79. The van der Waals surface area contributed by atoms with Gasteiger partial charge >= 0.3 is 0 Å². The van der Waals surface area contributed by atoms with Crippen LogP contribution in [-0.4, -0.2) is 19.4 Å². The summed E-state index contributed by atoms with van der Waals surface area (Å²) in [5.41, 5.74) is 0.879. The molecule has 2 aromatic rings. The third kappa shape index (κ3) is 4.52. The van der Waals surface area contributed by atoms with Crippen molar-refractivity contribution < 1.29 is 8.42 Å². The number of hydrogen-bond donors (Lipinski definition) is 2. The molecule has 0 radical (unpaired) electrons. The van der Waals surface area contributed by atoms with Crippen molar-refractivity contribution in [2.75, 3.05) is 5.32 Å². The van der Waals surface area contributed by atoms with E-state index in [-0.39, 0.29) is 10.9 Å². The van der Waals surface area contributed by atoms with Crippen LogP contribution in [-0.2, 0) is 16.6 Å². The van der Waals surface area contributed by atoms with Crippen LogP contribution < -0.4 is 10.0 Å². The first-order valence-electron chi connectivity index (χ1n) is 6.64. The van der Waals surface area contributed by atoms with E-state index < -0.39 is 10.0 Å². The molecule has 5 nitrogen and oxygen atoms in total. The van der Waals surface area contributed by atoms with Gasteiger partial charge in [-0.2, -0.15) is 0 Å². The van der Waals surface area contributed by atoms with Crippen LogP contribution in [0.1, 0.15) is 23.7 Å². The monoisotopic (exact) mass is 325 g/mol. The average Bonchev–Trinajstić information content (AvgIpc) is 2.81. The Hall–Kier alpha value is -1.44. The van der Waals surface area contributed by atoms with E-state index in [4.69, 9.17) is 0 Å². The highest BCUT2D eigenvalue weighted by Crippen LogP contribution is 2.17. The predicted octanol–water partition coefficient (Wildman–Crippen LogP) is 2.75. The number of aromatic nitrogens is 1. The lowest BCUT2D eigenvalue weighted by Crippen LogP contribution is -2.30. The first-order chi connectivity index (χ1) is 9.87. The van der Waals surface area contributed by atoms with Gasteiger partial charge < -0.3 is 5.32 Å². The molecule has 0 aliphatic heterocycles. The lowest BCUT2D eigenvalue weighted by atomic mass is 10.3. The second-order valence-electron chi connectivity index (χ2n) is 5.00. The Kier molecular flexibility index (Phi) is 4.97. The van der Waals surface area contributed by atoms with Crippen molar-refractivity contribution >= 4 is 27.0 Å². The van der Waals surface area contributed by atoms with Gasteiger partial charge in [-0.3, -0.25) is 0 Å². The maximum atomic E-state index is 12.0. The van der Waals surface area contributed by atoms with E-state index in [1.807, 2.05) is 13.1 Å². The molecule has 0 spiro atoms. The Balaban J connectivity index is 2.02. The molecular formula is C14H19N3O2S2. The van der Waals surface area contributed by atoms with Crippen molar-refractivity contribution in [3.8, 4) is 0 Å². The van der Waals surface area contributed by atoms with Crippen LogP contribution in [0.25, 0.3) is 0 Å². The Morgan fingerprint density at radius 2 is 1.90 bits per heavy atom. The Labute approximate surface area is 129 Å². The summed E-state index contributed by atoms with van der Waals surface area (Å²) in [5.74, 6) is 0.